The Bertz CT molecular complexity index is 807. The van der Waals surface area contributed by atoms with Crippen molar-refractivity contribution in [2.24, 2.45) is 4.99 Å². The average molecular weight is 323 g/mol. The van der Waals surface area contributed by atoms with Crippen LogP contribution in [-0.2, 0) is 22.4 Å². The van der Waals surface area contributed by atoms with Crippen LogP contribution in [0.15, 0.2) is 59.2 Å². The maximum atomic E-state index is 13.2. The van der Waals surface area contributed by atoms with E-state index in [9.17, 15) is 9.18 Å². The van der Waals surface area contributed by atoms with Crippen molar-refractivity contribution in [1.82, 2.24) is 0 Å². The number of nitrogens with zero attached hydrogens (tertiary/aromatic N) is 1. The molecule has 0 radical (unpaired) electrons. The number of hydrogen-bond acceptors (Lipinski definition) is 3. The van der Waals surface area contributed by atoms with Crippen molar-refractivity contribution < 1.29 is 13.9 Å². The van der Waals surface area contributed by atoms with Gasteiger partial charge in [0.1, 0.15) is 5.82 Å². The molecule has 2 aromatic carbocycles. The van der Waals surface area contributed by atoms with Crippen LogP contribution in [0, 0.1) is 5.82 Å². The van der Waals surface area contributed by atoms with Gasteiger partial charge in [0, 0.05) is 6.42 Å². The molecule has 0 spiro atoms. The zero-order chi connectivity index (χ0) is 16.9. The Balaban J connectivity index is 1.69. The number of ether oxygens (including phenoxy) is 1. The number of carbonyl (C=O) groups is 1. The Morgan fingerprint density at radius 2 is 1.88 bits per heavy atom. The van der Waals surface area contributed by atoms with Crippen LogP contribution >= 0.6 is 0 Å². The lowest BCUT2D eigenvalue weighted by Gasteiger charge is -2.00. The Morgan fingerprint density at radius 3 is 2.58 bits per heavy atom. The van der Waals surface area contributed by atoms with E-state index in [1.165, 1.54) is 17.7 Å². The molecule has 0 saturated carbocycles. The summed E-state index contributed by atoms with van der Waals surface area (Å²) in [6.07, 6.45) is 3.72. The van der Waals surface area contributed by atoms with Crippen LogP contribution < -0.4 is 0 Å². The summed E-state index contributed by atoms with van der Waals surface area (Å²) in [6, 6.07) is 14.4. The molecule has 122 valence electrons. The minimum absolute atomic E-state index is 0.269. The Morgan fingerprint density at radius 1 is 1.08 bits per heavy atom. The molecular weight excluding hydrogens is 305 g/mol. The molecule has 4 heteroatoms. The molecule has 3 nitrogen and oxygen atoms in total. The standard InChI is InChI=1S/C20H18FNO2/c1-2-14-6-8-16(9-7-14)13-18-20(23)24-19(22-18)11-10-15-4-3-5-17(21)12-15/h3-9,12-13H,2,10-11H2,1H3/b18-13+. The number of aryl methyl sites for hydroxylation is 2. The summed E-state index contributed by atoms with van der Waals surface area (Å²) < 4.78 is 18.4. The van der Waals surface area contributed by atoms with Crippen molar-refractivity contribution >= 4 is 17.9 Å². The number of esters is 1. The van der Waals surface area contributed by atoms with Crippen LogP contribution in [0.5, 0.6) is 0 Å². The number of rotatable bonds is 5. The fourth-order valence-electron chi connectivity index (χ4n) is 2.51. The topological polar surface area (TPSA) is 38.7 Å². The van der Waals surface area contributed by atoms with Gasteiger partial charge in [-0.15, -0.1) is 0 Å². The van der Waals surface area contributed by atoms with E-state index in [2.05, 4.69) is 11.9 Å². The van der Waals surface area contributed by atoms with E-state index in [1.54, 1.807) is 12.1 Å². The van der Waals surface area contributed by atoms with Gasteiger partial charge in [0.2, 0.25) is 0 Å². The summed E-state index contributed by atoms with van der Waals surface area (Å²) in [5, 5.41) is 0. The maximum absolute atomic E-state index is 13.2. The number of aliphatic imine (C=N–C) groups is 1. The predicted octanol–water partition coefficient (Wildman–Crippen LogP) is 4.32. The first-order valence-corrected chi connectivity index (χ1v) is 7.99. The van der Waals surface area contributed by atoms with Crippen LogP contribution in [0.3, 0.4) is 0 Å². The molecule has 24 heavy (non-hydrogen) atoms. The number of hydrogen-bond donors (Lipinski definition) is 0. The maximum Gasteiger partial charge on any atom is 0.363 e. The van der Waals surface area contributed by atoms with Gasteiger partial charge >= 0.3 is 5.97 Å². The summed E-state index contributed by atoms with van der Waals surface area (Å²) in [5.41, 5.74) is 3.30. The van der Waals surface area contributed by atoms with E-state index in [0.717, 1.165) is 17.5 Å². The van der Waals surface area contributed by atoms with Crippen molar-refractivity contribution in [1.29, 1.82) is 0 Å². The van der Waals surface area contributed by atoms with Crippen molar-refractivity contribution in [3.63, 3.8) is 0 Å². The fourth-order valence-corrected chi connectivity index (χ4v) is 2.51. The molecule has 3 rings (SSSR count). The molecule has 2 aromatic rings. The van der Waals surface area contributed by atoms with Crippen molar-refractivity contribution in [2.75, 3.05) is 0 Å². The molecule has 0 saturated heterocycles. The molecule has 1 aliphatic heterocycles. The molecule has 0 amide bonds. The quantitative estimate of drug-likeness (QED) is 0.607. The molecule has 0 N–H and O–H groups in total. The van der Waals surface area contributed by atoms with E-state index in [-0.39, 0.29) is 5.82 Å². The predicted molar refractivity (Wildman–Crippen MR) is 92.0 cm³/mol. The largest absolute Gasteiger partial charge is 0.407 e. The van der Waals surface area contributed by atoms with Gasteiger partial charge in [-0.25, -0.2) is 14.2 Å². The second-order valence-electron chi connectivity index (χ2n) is 5.65. The van der Waals surface area contributed by atoms with Gasteiger partial charge < -0.3 is 4.74 Å². The highest BCUT2D eigenvalue weighted by atomic mass is 19.1. The third-order valence-corrected chi connectivity index (χ3v) is 3.87. The minimum atomic E-state index is -0.441. The van der Waals surface area contributed by atoms with Crippen LogP contribution in [0.1, 0.15) is 30.0 Å². The third-order valence-electron chi connectivity index (χ3n) is 3.87. The Hall–Kier alpha value is -2.75. The summed E-state index contributed by atoms with van der Waals surface area (Å²) >= 11 is 0. The lowest BCUT2D eigenvalue weighted by molar-refractivity contribution is -0.130. The first-order valence-electron chi connectivity index (χ1n) is 7.99. The van der Waals surface area contributed by atoms with Crippen LogP contribution in [0.4, 0.5) is 4.39 Å². The molecule has 0 aromatic heterocycles. The molecule has 1 aliphatic rings. The van der Waals surface area contributed by atoms with Gasteiger partial charge in [0.25, 0.3) is 0 Å². The molecule has 0 fully saturated rings. The molecule has 0 bridgehead atoms. The lowest BCUT2D eigenvalue weighted by Crippen LogP contribution is -2.05. The Labute approximate surface area is 140 Å². The monoisotopic (exact) mass is 323 g/mol. The average Bonchev–Trinajstić information content (AvgIpc) is 2.94. The van der Waals surface area contributed by atoms with Gasteiger partial charge in [0.15, 0.2) is 11.6 Å². The lowest BCUT2D eigenvalue weighted by atomic mass is 10.1. The number of benzene rings is 2. The van der Waals surface area contributed by atoms with Gasteiger partial charge in [-0.05, 0) is 47.7 Å². The Kier molecular flexibility index (Phi) is 4.85. The summed E-state index contributed by atoms with van der Waals surface area (Å²) in [6.45, 7) is 2.09. The SMILES string of the molecule is CCc1ccc(/C=C2/N=C(CCc3cccc(F)c3)OC2=O)cc1. The first-order chi connectivity index (χ1) is 11.6. The van der Waals surface area contributed by atoms with E-state index in [4.69, 9.17) is 4.74 Å². The highest BCUT2D eigenvalue weighted by molar-refractivity contribution is 6.07. The highest BCUT2D eigenvalue weighted by Gasteiger charge is 2.22. The molecule has 0 atom stereocenters. The van der Waals surface area contributed by atoms with Gasteiger partial charge in [0.05, 0.1) is 0 Å². The normalized spacial score (nSPS) is 15.5. The van der Waals surface area contributed by atoms with Crippen LogP contribution in [-0.4, -0.2) is 11.9 Å². The van der Waals surface area contributed by atoms with E-state index < -0.39 is 5.97 Å². The van der Waals surface area contributed by atoms with E-state index >= 15 is 0 Å². The summed E-state index contributed by atoms with van der Waals surface area (Å²) in [5.74, 6) is -0.335. The molecule has 0 unspecified atom stereocenters. The van der Waals surface area contributed by atoms with Gasteiger partial charge in [-0.1, -0.05) is 43.3 Å². The third kappa shape index (κ3) is 3.96. The van der Waals surface area contributed by atoms with Crippen molar-refractivity contribution in [3.8, 4) is 0 Å². The second kappa shape index (κ2) is 7.21. The van der Waals surface area contributed by atoms with Crippen molar-refractivity contribution in [3.05, 3.63) is 76.7 Å². The number of halogens is 1. The number of carbonyl (C=O) groups excluding carboxylic acids is 1. The molecule has 1 heterocycles. The highest BCUT2D eigenvalue weighted by Crippen LogP contribution is 2.18. The van der Waals surface area contributed by atoms with E-state index in [1.807, 2.05) is 30.3 Å². The van der Waals surface area contributed by atoms with Gasteiger partial charge in [-0.3, -0.25) is 0 Å². The first kappa shape index (κ1) is 16.1. The van der Waals surface area contributed by atoms with Crippen molar-refractivity contribution in [2.45, 2.75) is 26.2 Å². The second-order valence-corrected chi connectivity index (χ2v) is 5.65. The van der Waals surface area contributed by atoms with Crippen LogP contribution in [0.2, 0.25) is 0 Å². The summed E-state index contributed by atoms with van der Waals surface area (Å²) in [7, 11) is 0. The molecule has 0 aliphatic carbocycles. The smallest absolute Gasteiger partial charge is 0.363 e. The molecular formula is C20H18FNO2. The van der Waals surface area contributed by atoms with Gasteiger partial charge in [-0.2, -0.15) is 0 Å². The minimum Gasteiger partial charge on any atom is -0.407 e. The summed E-state index contributed by atoms with van der Waals surface area (Å²) in [4.78, 5) is 16.2. The number of cyclic esters (lactones) is 1. The zero-order valence-electron chi connectivity index (χ0n) is 13.5. The zero-order valence-corrected chi connectivity index (χ0v) is 13.5. The van der Waals surface area contributed by atoms with Crippen LogP contribution in [0.25, 0.3) is 6.08 Å². The van der Waals surface area contributed by atoms with E-state index in [0.29, 0.717) is 24.4 Å². The fraction of sp³-hybridized carbons (Fsp3) is 0.200.